The molecule has 0 unspecified atom stereocenters. The molecule has 4 saturated carbocycles. The SMILES string of the molecule is C[C@@H](OS(=O)(=O)[O-])[C@H]1CC[C@H]2[C@@H]3CC[C@@H]4C[C@H](O)CC[C@]4(C)[C@H]3CC[C@]12C.[Na+]. The van der Waals surface area contributed by atoms with Crippen molar-refractivity contribution in [3.05, 3.63) is 0 Å². The van der Waals surface area contributed by atoms with Crippen LogP contribution in [0.25, 0.3) is 0 Å². The summed E-state index contributed by atoms with van der Waals surface area (Å²) in [5.41, 5.74) is 0.421. The third-order valence-electron chi connectivity index (χ3n) is 9.55. The maximum absolute atomic E-state index is 11.1. The molecule has 0 amide bonds. The van der Waals surface area contributed by atoms with Gasteiger partial charge in [-0.15, -0.1) is 0 Å². The Morgan fingerprint density at radius 3 is 2.32 bits per heavy atom. The minimum atomic E-state index is -4.65. The quantitative estimate of drug-likeness (QED) is 0.414. The van der Waals surface area contributed by atoms with Crippen LogP contribution in [0.1, 0.15) is 78.6 Å². The molecule has 0 radical (unpaired) electrons. The molecule has 0 aromatic rings. The van der Waals surface area contributed by atoms with E-state index in [4.69, 9.17) is 4.18 Å². The van der Waals surface area contributed by atoms with E-state index in [-0.39, 0.29) is 47.0 Å². The van der Waals surface area contributed by atoms with E-state index >= 15 is 0 Å². The summed E-state index contributed by atoms with van der Waals surface area (Å²) in [6.07, 6.45) is 9.22. The molecule has 4 rings (SSSR count). The van der Waals surface area contributed by atoms with Crippen LogP contribution in [0.4, 0.5) is 0 Å². The van der Waals surface area contributed by atoms with Gasteiger partial charge in [-0.05, 0) is 105 Å². The number of aliphatic hydroxyl groups is 1. The van der Waals surface area contributed by atoms with Crippen molar-refractivity contribution in [3.63, 3.8) is 0 Å². The number of aliphatic hydroxyl groups excluding tert-OH is 1. The number of fused-ring (bicyclic) bond motifs is 5. The van der Waals surface area contributed by atoms with Crippen LogP contribution in [0.3, 0.4) is 0 Å². The van der Waals surface area contributed by atoms with E-state index in [0.29, 0.717) is 23.2 Å². The Morgan fingerprint density at radius 1 is 1.00 bits per heavy atom. The van der Waals surface area contributed by atoms with E-state index in [1.54, 1.807) is 6.92 Å². The summed E-state index contributed by atoms with van der Waals surface area (Å²) in [5.74, 6) is 2.82. The van der Waals surface area contributed by atoms with Gasteiger partial charge in [-0.2, -0.15) is 0 Å². The van der Waals surface area contributed by atoms with Gasteiger partial charge in [-0.3, -0.25) is 4.18 Å². The molecular formula is C21H35NaO5S. The summed E-state index contributed by atoms with van der Waals surface area (Å²) in [4.78, 5) is 0. The summed E-state index contributed by atoms with van der Waals surface area (Å²) in [5, 5.41) is 10.1. The molecule has 5 nitrogen and oxygen atoms in total. The topological polar surface area (TPSA) is 86.7 Å². The average molecular weight is 423 g/mol. The van der Waals surface area contributed by atoms with Gasteiger partial charge in [-0.1, -0.05) is 13.8 Å². The second kappa shape index (κ2) is 8.07. The zero-order valence-corrected chi connectivity index (χ0v) is 20.7. The fourth-order valence-corrected chi connectivity index (χ4v) is 8.81. The number of hydrogen-bond donors (Lipinski definition) is 1. The molecule has 156 valence electrons. The molecule has 0 heterocycles. The third-order valence-corrected chi connectivity index (χ3v) is 10.1. The Balaban J connectivity index is 0.00000225. The summed E-state index contributed by atoms with van der Waals surface area (Å²) in [6, 6.07) is 0. The summed E-state index contributed by atoms with van der Waals surface area (Å²) in [6.45, 7) is 6.56. The van der Waals surface area contributed by atoms with Crippen LogP contribution in [0.5, 0.6) is 0 Å². The van der Waals surface area contributed by atoms with Gasteiger partial charge in [0, 0.05) is 0 Å². The van der Waals surface area contributed by atoms with Crippen LogP contribution in [-0.4, -0.2) is 30.3 Å². The Kier molecular flexibility index (Phi) is 6.77. The van der Waals surface area contributed by atoms with Crippen LogP contribution < -0.4 is 29.6 Å². The Labute approximate surface area is 192 Å². The van der Waals surface area contributed by atoms with Crippen molar-refractivity contribution in [1.29, 1.82) is 0 Å². The molecule has 0 bridgehead atoms. The molecule has 0 aromatic carbocycles. The van der Waals surface area contributed by atoms with E-state index < -0.39 is 16.5 Å². The van der Waals surface area contributed by atoms with Crippen LogP contribution in [-0.2, 0) is 14.6 Å². The van der Waals surface area contributed by atoms with Gasteiger partial charge in [0.2, 0.25) is 10.4 Å². The van der Waals surface area contributed by atoms with Crippen molar-refractivity contribution in [2.24, 2.45) is 40.4 Å². The van der Waals surface area contributed by atoms with Gasteiger partial charge in [0.05, 0.1) is 12.2 Å². The fourth-order valence-electron chi connectivity index (χ4n) is 8.30. The second-order valence-corrected chi connectivity index (χ2v) is 11.5. The molecular weight excluding hydrogens is 387 g/mol. The predicted molar refractivity (Wildman–Crippen MR) is 101 cm³/mol. The van der Waals surface area contributed by atoms with Gasteiger partial charge in [0.1, 0.15) is 0 Å². The molecule has 7 heteroatoms. The van der Waals surface area contributed by atoms with Crippen molar-refractivity contribution in [3.8, 4) is 0 Å². The van der Waals surface area contributed by atoms with Crippen molar-refractivity contribution in [2.75, 3.05) is 0 Å². The minimum Gasteiger partial charge on any atom is -0.726 e. The molecule has 4 aliphatic rings. The van der Waals surface area contributed by atoms with Gasteiger partial charge in [-0.25, -0.2) is 8.42 Å². The fraction of sp³-hybridized carbons (Fsp3) is 1.00. The van der Waals surface area contributed by atoms with Crippen molar-refractivity contribution >= 4 is 10.4 Å². The summed E-state index contributed by atoms with van der Waals surface area (Å²) < 4.78 is 38.2. The average Bonchev–Trinajstić information content (AvgIpc) is 2.91. The van der Waals surface area contributed by atoms with Crippen LogP contribution in [0.2, 0.25) is 0 Å². The van der Waals surface area contributed by atoms with Gasteiger partial charge in [0.15, 0.2) is 0 Å². The van der Waals surface area contributed by atoms with Crippen molar-refractivity contribution in [2.45, 2.75) is 90.8 Å². The third kappa shape index (κ3) is 3.89. The molecule has 0 saturated heterocycles. The second-order valence-electron chi connectivity index (χ2n) is 10.5. The maximum Gasteiger partial charge on any atom is 1.00 e. The molecule has 0 aliphatic heterocycles. The van der Waals surface area contributed by atoms with Crippen molar-refractivity contribution in [1.82, 2.24) is 0 Å². The van der Waals surface area contributed by atoms with E-state index in [1.807, 2.05) is 0 Å². The summed E-state index contributed by atoms with van der Waals surface area (Å²) >= 11 is 0. The smallest absolute Gasteiger partial charge is 0.726 e. The van der Waals surface area contributed by atoms with E-state index in [9.17, 15) is 18.1 Å². The molecule has 9 atom stereocenters. The van der Waals surface area contributed by atoms with Gasteiger partial charge < -0.3 is 9.66 Å². The molecule has 28 heavy (non-hydrogen) atoms. The first-order valence-corrected chi connectivity index (χ1v) is 12.2. The summed E-state index contributed by atoms with van der Waals surface area (Å²) in [7, 11) is -4.65. The normalized spacial score (nSPS) is 49.3. The first kappa shape index (κ1) is 23.5. The standard InChI is InChI=1S/C21H36O5S.Na/c1-13(26-27(23,24)25)17-6-7-18-16-5-4-14-12-15(22)8-10-20(14,2)19(16)9-11-21(17,18)3;/h13-19,22H,4-12H2,1-3H3,(H,23,24,25);/q;+1/p-1/t13-,14-,15-,16+,17-,18+,19+,20+,21-;/m1./s1. The predicted octanol–water partition coefficient (Wildman–Crippen LogP) is 0.876. The number of hydrogen-bond acceptors (Lipinski definition) is 5. The van der Waals surface area contributed by atoms with E-state index in [2.05, 4.69) is 13.8 Å². The van der Waals surface area contributed by atoms with Crippen LogP contribution in [0, 0.1) is 40.4 Å². The zero-order chi connectivity index (χ0) is 19.6. The van der Waals surface area contributed by atoms with E-state index in [0.717, 1.165) is 44.4 Å². The minimum absolute atomic E-state index is 0. The first-order chi connectivity index (χ1) is 12.5. The number of rotatable bonds is 3. The largest absolute Gasteiger partial charge is 1.00 e. The Bertz CT molecular complexity index is 684. The maximum atomic E-state index is 11.1. The molecule has 0 aromatic heterocycles. The Hall–Kier alpha value is 0.830. The first-order valence-electron chi connectivity index (χ1n) is 10.9. The molecule has 4 fully saturated rings. The molecule has 0 spiro atoms. The van der Waals surface area contributed by atoms with Gasteiger partial charge in [0.25, 0.3) is 0 Å². The molecule has 1 N–H and O–H groups in total. The molecule has 4 aliphatic carbocycles. The van der Waals surface area contributed by atoms with Crippen LogP contribution in [0.15, 0.2) is 0 Å². The van der Waals surface area contributed by atoms with Crippen molar-refractivity contribution < 1.29 is 51.8 Å². The van der Waals surface area contributed by atoms with Crippen LogP contribution >= 0.6 is 0 Å². The monoisotopic (exact) mass is 422 g/mol. The van der Waals surface area contributed by atoms with E-state index in [1.165, 1.54) is 19.3 Å². The zero-order valence-electron chi connectivity index (χ0n) is 17.9. The Morgan fingerprint density at radius 2 is 1.64 bits per heavy atom. The van der Waals surface area contributed by atoms with Gasteiger partial charge >= 0.3 is 29.6 Å².